The second-order valence-electron chi connectivity index (χ2n) is 7.47. The van der Waals surface area contributed by atoms with Gasteiger partial charge in [-0.2, -0.15) is 0 Å². The summed E-state index contributed by atoms with van der Waals surface area (Å²) in [5.41, 5.74) is 3.07. The first-order valence-electron chi connectivity index (χ1n) is 9.94. The van der Waals surface area contributed by atoms with Crippen LogP contribution in [0.4, 0.5) is 5.69 Å². The number of nitro groups is 1. The number of hydrogen-bond donors (Lipinski definition) is 1. The van der Waals surface area contributed by atoms with Gasteiger partial charge in [0.15, 0.2) is 0 Å². The molecule has 1 aromatic heterocycles. The zero-order chi connectivity index (χ0) is 21.1. The second-order valence-corrected chi connectivity index (χ2v) is 8.42. The summed E-state index contributed by atoms with van der Waals surface area (Å²) in [6, 6.07) is 18.9. The lowest BCUT2D eigenvalue weighted by Crippen LogP contribution is -2.45. The zero-order valence-electron chi connectivity index (χ0n) is 17.1. The third-order valence-corrected chi connectivity index (χ3v) is 6.56. The van der Waals surface area contributed by atoms with Crippen LogP contribution in [0.2, 0.25) is 0 Å². The van der Waals surface area contributed by atoms with Crippen LogP contribution >= 0.6 is 23.7 Å². The highest BCUT2D eigenvalue weighted by molar-refractivity contribution is 7.10. The van der Waals surface area contributed by atoms with Crippen LogP contribution in [0, 0.1) is 10.1 Å². The summed E-state index contributed by atoms with van der Waals surface area (Å²) in [6.07, 6.45) is 0.998. The number of carbonyl (C=O) groups excluding carboxylic acids is 1. The minimum atomic E-state index is -0.470. The molecule has 1 aliphatic rings. The van der Waals surface area contributed by atoms with Crippen molar-refractivity contribution in [3.8, 4) is 0 Å². The van der Waals surface area contributed by atoms with Crippen LogP contribution < -0.4 is 5.32 Å². The molecule has 162 valence electrons. The lowest BCUT2D eigenvalue weighted by molar-refractivity contribution is -0.384. The lowest BCUT2D eigenvalue weighted by Gasteiger charge is -2.41. The van der Waals surface area contributed by atoms with Crippen LogP contribution in [-0.2, 0) is 6.42 Å². The number of amides is 1. The van der Waals surface area contributed by atoms with Crippen molar-refractivity contribution in [1.29, 1.82) is 0 Å². The number of carbonyl (C=O) groups is 1. The summed E-state index contributed by atoms with van der Waals surface area (Å²) in [6.45, 7) is 3.45. The van der Waals surface area contributed by atoms with E-state index in [2.05, 4.69) is 52.9 Å². The van der Waals surface area contributed by atoms with E-state index in [4.69, 9.17) is 0 Å². The fraction of sp³-hybridized carbons (Fsp3) is 0.261. The molecule has 2 atom stereocenters. The Morgan fingerprint density at radius 3 is 2.55 bits per heavy atom. The number of nitrogens with zero attached hydrogens (tertiary/aromatic N) is 2. The van der Waals surface area contributed by atoms with E-state index in [1.54, 1.807) is 11.3 Å². The van der Waals surface area contributed by atoms with E-state index in [1.807, 2.05) is 6.07 Å². The molecule has 4 rings (SSSR count). The Hall–Kier alpha value is -2.74. The number of fused-ring (bicyclic) bond motifs is 1. The fourth-order valence-corrected chi connectivity index (χ4v) is 5.14. The number of benzene rings is 2. The number of nitro benzene ring substituents is 1. The first-order valence-corrected chi connectivity index (χ1v) is 10.8. The predicted octanol–water partition coefficient (Wildman–Crippen LogP) is 4.84. The van der Waals surface area contributed by atoms with Crippen LogP contribution in [0.1, 0.15) is 39.3 Å². The number of thiophene rings is 1. The Morgan fingerprint density at radius 1 is 1.16 bits per heavy atom. The van der Waals surface area contributed by atoms with Gasteiger partial charge in [-0.15, -0.1) is 23.7 Å². The number of rotatable bonds is 6. The minimum Gasteiger partial charge on any atom is -0.351 e. The van der Waals surface area contributed by atoms with Crippen molar-refractivity contribution in [3.05, 3.63) is 97.7 Å². The van der Waals surface area contributed by atoms with Crippen molar-refractivity contribution in [2.24, 2.45) is 0 Å². The van der Waals surface area contributed by atoms with Crippen LogP contribution in [0.15, 0.2) is 66.0 Å². The Balaban J connectivity index is 0.00000272. The van der Waals surface area contributed by atoms with Crippen LogP contribution in [0.3, 0.4) is 0 Å². The molecular formula is C23H24ClN3O3S. The first kappa shape index (κ1) is 22.9. The smallest absolute Gasteiger partial charge is 0.269 e. The van der Waals surface area contributed by atoms with Crippen molar-refractivity contribution in [3.63, 3.8) is 0 Å². The first-order chi connectivity index (χ1) is 14.5. The maximum Gasteiger partial charge on any atom is 0.269 e. The lowest BCUT2D eigenvalue weighted by atomic mass is 9.91. The number of halogens is 1. The molecule has 0 spiro atoms. The van der Waals surface area contributed by atoms with Crippen molar-refractivity contribution in [1.82, 2.24) is 10.2 Å². The van der Waals surface area contributed by atoms with Gasteiger partial charge in [-0.25, -0.2) is 0 Å². The summed E-state index contributed by atoms with van der Waals surface area (Å²) < 4.78 is 0. The molecule has 2 heterocycles. The number of hydrogen-bond acceptors (Lipinski definition) is 5. The van der Waals surface area contributed by atoms with E-state index in [-0.39, 0.29) is 30.0 Å². The van der Waals surface area contributed by atoms with Crippen LogP contribution in [0.25, 0.3) is 0 Å². The minimum absolute atomic E-state index is 0. The third-order valence-electron chi connectivity index (χ3n) is 5.55. The molecule has 0 radical (unpaired) electrons. The average molecular weight is 458 g/mol. The molecule has 0 saturated heterocycles. The molecule has 6 nitrogen and oxygen atoms in total. The highest BCUT2D eigenvalue weighted by atomic mass is 35.5. The largest absolute Gasteiger partial charge is 0.351 e. The maximum atomic E-state index is 12.5. The summed E-state index contributed by atoms with van der Waals surface area (Å²) in [7, 11) is 0. The van der Waals surface area contributed by atoms with Crippen molar-refractivity contribution in [2.75, 3.05) is 13.1 Å². The molecule has 0 fully saturated rings. The van der Waals surface area contributed by atoms with E-state index in [0.29, 0.717) is 18.2 Å². The molecular weight excluding hydrogens is 434 g/mol. The van der Waals surface area contributed by atoms with Gasteiger partial charge in [0.2, 0.25) is 0 Å². The zero-order valence-corrected chi connectivity index (χ0v) is 18.7. The van der Waals surface area contributed by atoms with Gasteiger partial charge in [0.25, 0.3) is 11.6 Å². The third kappa shape index (κ3) is 4.95. The van der Waals surface area contributed by atoms with Gasteiger partial charge in [-0.05, 0) is 48.1 Å². The van der Waals surface area contributed by atoms with Gasteiger partial charge in [-0.1, -0.05) is 30.3 Å². The standard InChI is InChI=1S/C23H23N3O3S.ClH/c1-16-15-19-11-14-30-22(19)21(17-5-3-2-4-6-17)25(16)13-12-24-23(27)18-7-9-20(10-8-18)26(28)29;/h2-11,14,16,21H,12-13,15H2,1H3,(H,24,27);1H/t16-,21-;/m0./s1. The van der Waals surface area contributed by atoms with Crippen molar-refractivity contribution in [2.45, 2.75) is 25.4 Å². The van der Waals surface area contributed by atoms with Gasteiger partial charge < -0.3 is 5.32 Å². The Kier molecular flexibility index (Phi) is 7.43. The molecule has 0 aliphatic carbocycles. The SMILES string of the molecule is C[C@H]1Cc2ccsc2[C@H](c2ccccc2)N1CCNC(=O)c1ccc([N+](=O)[O-])cc1.Cl. The fourth-order valence-electron chi connectivity index (χ4n) is 4.06. The second kappa shape index (κ2) is 10.0. The molecule has 1 amide bonds. The normalized spacial score (nSPS) is 18.0. The van der Waals surface area contributed by atoms with E-state index in [0.717, 1.165) is 13.0 Å². The van der Waals surface area contributed by atoms with Crippen LogP contribution in [-0.4, -0.2) is 34.9 Å². The van der Waals surface area contributed by atoms with E-state index < -0.39 is 4.92 Å². The highest BCUT2D eigenvalue weighted by Gasteiger charge is 2.33. The Labute approximate surface area is 191 Å². The topological polar surface area (TPSA) is 75.5 Å². The summed E-state index contributed by atoms with van der Waals surface area (Å²) in [5.74, 6) is -0.220. The average Bonchev–Trinajstić information content (AvgIpc) is 3.22. The summed E-state index contributed by atoms with van der Waals surface area (Å²) >= 11 is 1.79. The van der Waals surface area contributed by atoms with Crippen LogP contribution in [0.5, 0.6) is 0 Å². The van der Waals surface area contributed by atoms with E-state index in [9.17, 15) is 14.9 Å². The van der Waals surface area contributed by atoms with Gasteiger partial charge >= 0.3 is 0 Å². The van der Waals surface area contributed by atoms with Crippen molar-refractivity contribution < 1.29 is 9.72 Å². The predicted molar refractivity (Wildman–Crippen MR) is 125 cm³/mol. The quantitative estimate of drug-likeness (QED) is 0.424. The molecule has 0 saturated carbocycles. The summed E-state index contributed by atoms with van der Waals surface area (Å²) in [5, 5.41) is 15.9. The Bertz CT molecular complexity index is 1040. The number of nitrogens with one attached hydrogen (secondary N) is 1. The molecule has 8 heteroatoms. The molecule has 1 N–H and O–H groups in total. The van der Waals surface area contributed by atoms with Gasteiger partial charge in [0.05, 0.1) is 11.0 Å². The highest BCUT2D eigenvalue weighted by Crippen LogP contribution is 2.40. The van der Waals surface area contributed by atoms with E-state index in [1.165, 1.54) is 40.3 Å². The van der Waals surface area contributed by atoms with Gasteiger partial charge in [-0.3, -0.25) is 19.8 Å². The molecule has 2 aromatic carbocycles. The molecule has 31 heavy (non-hydrogen) atoms. The Morgan fingerprint density at radius 2 is 1.87 bits per heavy atom. The van der Waals surface area contributed by atoms with E-state index >= 15 is 0 Å². The molecule has 3 aromatic rings. The van der Waals surface area contributed by atoms with Gasteiger partial charge in [0.1, 0.15) is 0 Å². The van der Waals surface area contributed by atoms with Gasteiger partial charge in [0, 0.05) is 41.7 Å². The molecule has 1 aliphatic heterocycles. The van der Waals surface area contributed by atoms with Crippen molar-refractivity contribution >= 4 is 35.3 Å². The molecule has 0 bridgehead atoms. The number of non-ortho nitro benzene ring substituents is 1. The monoisotopic (exact) mass is 457 g/mol. The molecule has 0 unspecified atom stereocenters. The maximum absolute atomic E-state index is 12.5. The summed E-state index contributed by atoms with van der Waals surface area (Å²) in [4.78, 5) is 26.6.